The fourth-order valence-electron chi connectivity index (χ4n) is 2.93. The van der Waals surface area contributed by atoms with Crippen LogP contribution in [0.25, 0.3) is 0 Å². The van der Waals surface area contributed by atoms with Crippen LogP contribution >= 0.6 is 0 Å². The normalized spacial score (nSPS) is 11.2. The highest BCUT2D eigenvalue weighted by atomic mass is 16.6. The first-order valence-electron chi connectivity index (χ1n) is 12.1. The van der Waals surface area contributed by atoms with Gasteiger partial charge in [-0.05, 0) is 65.8 Å². The molecule has 0 spiro atoms. The number of aromatic nitrogens is 4. The van der Waals surface area contributed by atoms with Crippen LogP contribution in [0.3, 0.4) is 0 Å². The number of hydrogen-bond donors (Lipinski definition) is 4. The summed E-state index contributed by atoms with van der Waals surface area (Å²) in [7, 11) is 0. The molecule has 3 heterocycles. The van der Waals surface area contributed by atoms with Gasteiger partial charge in [0.15, 0.2) is 0 Å². The van der Waals surface area contributed by atoms with E-state index in [0.29, 0.717) is 0 Å². The highest BCUT2D eigenvalue weighted by Gasteiger charge is 2.19. The van der Waals surface area contributed by atoms with Crippen LogP contribution in [-0.4, -0.2) is 55.1 Å². The van der Waals surface area contributed by atoms with Crippen molar-refractivity contribution in [2.75, 3.05) is 21.3 Å². The van der Waals surface area contributed by atoms with Crippen molar-refractivity contribution in [3.8, 4) is 0 Å². The summed E-state index contributed by atoms with van der Waals surface area (Å²) in [5, 5.41) is 10.1. The van der Waals surface area contributed by atoms with E-state index in [1.807, 2.05) is 0 Å². The van der Waals surface area contributed by atoms with Gasteiger partial charge in [0.1, 0.15) is 52.2 Å². The molecule has 0 radical (unpaired) electrons. The largest absolute Gasteiger partial charge is 0.444 e. The van der Waals surface area contributed by atoms with Gasteiger partial charge in [0.05, 0.1) is 0 Å². The van der Waals surface area contributed by atoms with Gasteiger partial charge in [-0.25, -0.2) is 29.5 Å². The second-order valence-electron chi connectivity index (χ2n) is 10.3. The Hall–Kier alpha value is -5.14. The average molecular weight is 551 g/mol. The van der Waals surface area contributed by atoms with Gasteiger partial charge in [0.2, 0.25) is 0 Å². The van der Waals surface area contributed by atoms with Gasteiger partial charge in [-0.15, -0.1) is 0 Å². The smallest absolute Gasteiger partial charge is 0.413 e. The Morgan fingerprint density at radius 2 is 0.950 bits per heavy atom. The Bertz CT molecular complexity index is 1310. The molecular weight excluding hydrogens is 520 g/mol. The van der Waals surface area contributed by atoms with E-state index in [-0.39, 0.29) is 34.7 Å². The first-order chi connectivity index (χ1) is 18.7. The van der Waals surface area contributed by atoms with Crippen LogP contribution in [0.4, 0.5) is 32.9 Å². The molecule has 4 N–H and O–H groups in total. The van der Waals surface area contributed by atoms with Crippen molar-refractivity contribution in [2.45, 2.75) is 52.7 Å². The van der Waals surface area contributed by atoms with E-state index in [2.05, 4.69) is 41.2 Å². The monoisotopic (exact) mass is 550 g/mol. The molecule has 40 heavy (non-hydrogen) atoms. The molecule has 0 fully saturated rings. The van der Waals surface area contributed by atoms with E-state index < -0.39 is 35.2 Å². The van der Waals surface area contributed by atoms with Crippen LogP contribution < -0.4 is 21.3 Å². The molecule has 0 aromatic carbocycles. The minimum atomic E-state index is -0.699. The standard InChI is InChI=1S/C26H30N8O6/c1-25(2,3)39-23(37)33-19-11-7-9-17(29-19)31-21(35)15-13-16(28-14-27-15)22(36)32-18-10-8-12-20(30-18)34-24(38)40-26(4,5)6/h7-14H,1-6H3,(H2,29,31,33,35,37)(H2,30,32,34,36,38). The summed E-state index contributed by atoms with van der Waals surface area (Å²) in [6, 6.07) is 10.4. The molecule has 0 aliphatic carbocycles. The highest BCUT2D eigenvalue weighted by molar-refractivity contribution is 6.06. The predicted molar refractivity (Wildman–Crippen MR) is 146 cm³/mol. The number of rotatable bonds is 6. The minimum absolute atomic E-state index is 0.110. The number of nitrogens with one attached hydrogen (secondary N) is 4. The fraction of sp³-hybridized carbons (Fsp3) is 0.308. The maximum Gasteiger partial charge on any atom is 0.413 e. The molecule has 0 saturated heterocycles. The van der Waals surface area contributed by atoms with Crippen molar-refractivity contribution >= 4 is 47.3 Å². The number of hydrogen-bond acceptors (Lipinski definition) is 10. The van der Waals surface area contributed by atoms with Crippen molar-refractivity contribution in [1.29, 1.82) is 0 Å². The third-order valence-electron chi connectivity index (χ3n) is 4.37. The maximum absolute atomic E-state index is 12.8. The predicted octanol–water partition coefficient (Wildman–Crippen LogP) is 4.47. The summed E-state index contributed by atoms with van der Waals surface area (Å²) in [4.78, 5) is 65.6. The van der Waals surface area contributed by atoms with Crippen molar-refractivity contribution < 1.29 is 28.7 Å². The van der Waals surface area contributed by atoms with Crippen LogP contribution in [0.1, 0.15) is 62.5 Å². The lowest BCUT2D eigenvalue weighted by Gasteiger charge is -2.19. The number of carbonyl (C=O) groups excluding carboxylic acids is 4. The lowest BCUT2D eigenvalue weighted by molar-refractivity contribution is 0.0624. The van der Waals surface area contributed by atoms with Crippen LogP contribution in [-0.2, 0) is 9.47 Å². The number of ether oxygens (including phenoxy) is 2. The molecule has 0 unspecified atom stereocenters. The zero-order chi connectivity index (χ0) is 29.5. The zero-order valence-electron chi connectivity index (χ0n) is 22.9. The van der Waals surface area contributed by atoms with Gasteiger partial charge in [0.25, 0.3) is 11.8 Å². The number of anilines is 4. The van der Waals surface area contributed by atoms with E-state index in [0.717, 1.165) is 6.33 Å². The Balaban J connectivity index is 1.64. The molecule has 0 atom stereocenters. The summed E-state index contributed by atoms with van der Waals surface area (Å²) in [5.74, 6) is -0.764. The minimum Gasteiger partial charge on any atom is -0.444 e. The summed E-state index contributed by atoms with van der Waals surface area (Å²) >= 11 is 0. The van der Waals surface area contributed by atoms with Gasteiger partial charge in [-0.3, -0.25) is 20.2 Å². The zero-order valence-corrected chi connectivity index (χ0v) is 22.9. The molecule has 3 rings (SSSR count). The van der Waals surface area contributed by atoms with E-state index in [9.17, 15) is 19.2 Å². The number of pyridine rings is 2. The third kappa shape index (κ3) is 9.63. The lowest BCUT2D eigenvalue weighted by atomic mass is 10.2. The topological polar surface area (TPSA) is 186 Å². The summed E-state index contributed by atoms with van der Waals surface area (Å²) in [6.07, 6.45) is -0.336. The number of amides is 4. The Morgan fingerprint density at radius 1 is 0.600 bits per heavy atom. The number of nitrogens with zero attached hydrogens (tertiary/aromatic N) is 4. The second kappa shape index (κ2) is 12.1. The molecule has 0 aliphatic rings. The Morgan fingerprint density at radius 3 is 1.30 bits per heavy atom. The van der Waals surface area contributed by atoms with Crippen molar-refractivity contribution in [3.63, 3.8) is 0 Å². The Labute approximate surface area is 230 Å². The van der Waals surface area contributed by atoms with Crippen LogP contribution in [0.5, 0.6) is 0 Å². The molecule has 3 aromatic rings. The van der Waals surface area contributed by atoms with Crippen molar-refractivity contribution in [2.24, 2.45) is 0 Å². The first kappa shape index (κ1) is 29.4. The highest BCUT2D eigenvalue weighted by Crippen LogP contribution is 2.15. The molecule has 0 aliphatic heterocycles. The summed E-state index contributed by atoms with van der Waals surface area (Å²) in [5.41, 5.74) is -1.60. The average Bonchev–Trinajstić information content (AvgIpc) is 2.82. The van der Waals surface area contributed by atoms with Gasteiger partial charge in [-0.1, -0.05) is 12.1 Å². The van der Waals surface area contributed by atoms with Gasteiger partial charge >= 0.3 is 12.2 Å². The molecular formula is C26H30N8O6. The van der Waals surface area contributed by atoms with E-state index >= 15 is 0 Å². The fourth-order valence-corrected chi connectivity index (χ4v) is 2.93. The summed E-state index contributed by atoms with van der Waals surface area (Å²) in [6.45, 7) is 10.4. The van der Waals surface area contributed by atoms with E-state index in [1.165, 1.54) is 30.3 Å². The van der Waals surface area contributed by atoms with Crippen molar-refractivity contribution in [3.05, 3.63) is 60.2 Å². The SMILES string of the molecule is CC(C)(C)OC(=O)Nc1cccc(NC(=O)c2cc(C(=O)Nc3cccc(NC(=O)OC(C)(C)C)n3)ncn2)n1. The molecule has 14 nitrogen and oxygen atoms in total. The van der Waals surface area contributed by atoms with Gasteiger partial charge < -0.3 is 20.1 Å². The maximum atomic E-state index is 12.8. The second-order valence-corrected chi connectivity index (χ2v) is 10.3. The van der Waals surface area contributed by atoms with Crippen LogP contribution in [0.2, 0.25) is 0 Å². The van der Waals surface area contributed by atoms with Crippen LogP contribution in [0.15, 0.2) is 48.8 Å². The quantitative estimate of drug-likeness (QED) is 0.341. The van der Waals surface area contributed by atoms with Gasteiger partial charge in [0, 0.05) is 6.07 Å². The third-order valence-corrected chi connectivity index (χ3v) is 4.37. The molecule has 0 bridgehead atoms. The molecule has 4 amide bonds. The number of carbonyl (C=O) groups is 4. The molecule has 210 valence electrons. The summed E-state index contributed by atoms with van der Waals surface area (Å²) < 4.78 is 10.4. The van der Waals surface area contributed by atoms with E-state index in [1.54, 1.807) is 53.7 Å². The van der Waals surface area contributed by atoms with Crippen molar-refractivity contribution in [1.82, 2.24) is 19.9 Å². The Kier molecular flexibility index (Phi) is 8.93. The van der Waals surface area contributed by atoms with E-state index in [4.69, 9.17) is 9.47 Å². The molecule has 3 aromatic heterocycles. The lowest BCUT2D eigenvalue weighted by Crippen LogP contribution is -2.27. The van der Waals surface area contributed by atoms with Crippen LogP contribution in [0, 0.1) is 0 Å². The first-order valence-corrected chi connectivity index (χ1v) is 12.1. The molecule has 14 heteroatoms. The van der Waals surface area contributed by atoms with Gasteiger partial charge in [-0.2, -0.15) is 0 Å². The molecule has 0 saturated carbocycles.